The molecule has 0 unspecified atom stereocenters. The summed E-state index contributed by atoms with van der Waals surface area (Å²) >= 11 is 0. The van der Waals surface area contributed by atoms with Gasteiger partial charge in [-0.05, 0) is 45.0 Å². The Kier molecular flexibility index (Phi) is 6.38. The van der Waals surface area contributed by atoms with Crippen LogP contribution in [0.1, 0.15) is 20.8 Å². The molecule has 3 amide bonds. The first-order chi connectivity index (χ1) is 10.6. The Bertz CT molecular complexity index is 535. The molecule has 1 rings (SSSR count). The lowest BCUT2D eigenvalue weighted by Crippen LogP contribution is -2.45. The standard InChI is InChI=1S/C16H26N4O3/c1-16(2,3)23-15(22)20(11-10-17)14(21)18-12-6-8-13(9-7-12)19(4)5/h6-9H,10-11,17H2,1-5H3,(H,18,21). The average Bonchev–Trinajstić information content (AvgIpc) is 2.43. The number of nitrogens with one attached hydrogen (secondary N) is 1. The van der Waals surface area contributed by atoms with Gasteiger partial charge in [-0.1, -0.05) is 0 Å². The summed E-state index contributed by atoms with van der Waals surface area (Å²) in [6, 6.07) is 6.71. The Morgan fingerprint density at radius 2 is 1.74 bits per heavy atom. The fraction of sp³-hybridized carbons (Fsp3) is 0.500. The molecule has 0 aliphatic heterocycles. The lowest BCUT2D eigenvalue weighted by molar-refractivity contribution is 0.0337. The predicted octanol–water partition coefficient (Wildman–Crippen LogP) is 2.48. The Hall–Kier alpha value is -2.28. The lowest BCUT2D eigenvalue weighted by Gasteiger charge is -2.26. The molecule has 1 aromatic carbocycles. The molecule has 23 heavy (non-hydrogen) atoms. The van der Waals surface area contributed by atoms with Crippen LogP contribution in [0.4, 0.5) is 21.0 Å². The van der Waals surface area contributed by atoms with Gasteiger partial charge in [-0.15, -0.1) is 0 Å². The van der Waals surface area contributed by atoms with E-state index in [1.165, 1.54) is 0 Å². The van der Waals surface area contributed by atoms with Crippen molar-refractivity contribution in [1.29, 1.82) is 0 Å². The largest absolute Gasteiger partial charge is 0.443 e. The molecule has 0 bridgehead atoms. The van der Waals surface area contributed by atoms with Gasteiger partial charge in [0.05, 0.1) is 0 Å². The van der Waals surface area contributed by atoms with Crippen molar-refractivity contribution in [3.05, 3.63) is 24.3 Å². The number of hydrogen-bond donors (Lipinski definition) is 2. The number of urea groups is 1. The zero-order chi connectivity index (χ0) is 17.6. The molecular formula is C16H26N4O3. The third kappa shape index (κ3) is 6.15. The minimum atomic E-state index is -0.717. The van der Waals surface area contributed by atoms with Gasteiger partial charge < -0.3 is 20.7 Å². The van der Waals surface area contributed by atoms with Crippen molar-refractivity contribution in [2.75, 3.05) is 37.4 Å². The molecule has 0 fully saturated rings. The van der Waals surface area contributed by atoms with Gasteiger partial charge in [0.25, 0.3) is 0 Å². The van der Waals surface area contributed by atoms with Crippen LogP contribution < -0.4 is 16.0 Å². The summed E-state index contributed by atoms with van der Waals surface area (Å²) in [5, 5.41) is 2.67. The second kappa shape index (κ2) is 7.82. The van der Waals surface area contributed by atoms with Gasteiger partial charge in [-0.2, -0.15) is 0 Å². The summed E-state index contributed by atoms with van der Waals surface area (Å²) in [7, 11) is 3.86. The Labute approximate surface area is 137 Å². The number of anilines is 2. The monoisotopic (exact) mass is 322 g/mol. The molecule has 0 heterocycles. The van der Waals surface area contributed by atoms with Gasteiger partial charge in [0.15, 0.2) is 0 Å². The molecule has 3 N–H and O–H groups in total. The van der Waals surface area contributed by atoms with E-state index in [-0.39, 0.29) is 13.1 Å². The topological polar surface area (TPSA) is 87.9 Å². The van der Waals surface area contributed by atoms with E-state index in [0.29, 0.717) is 5.69 Å². The fourth-order valence-electron chi connectivity index (χ4n) is 1.76. The fourth-order valence-corrected chi connectivity index (χ4v) is 1.76. The van der Waals surface area contributed by atoms with Gasteiger partial charge in [0.2, 0.25) is 0 Å². The van der Waals surface area contributed by atoms with Crippen LogP contribution in [-0.2, 0) is 4.74 Å². The van der Waals surface area contributed by atoms with E-state index in [9.17, 15) is 9.59 Å². The molecule has 7 heteroatoms. The molecule has 7 nitrogen and oxygen atoms in total. The lowest BCUT2D eigenvalue weighted by atomic mass is 10.2. The van der Waals surface area contributed by atoms with Crippen LogP contribution >= 0.6 is 0 Å². The first kappa shape index (κ1) is 18.8. The minimum absolute atomic E-state index is 0.0799. The van der Waals surface area contributed by atoms with Gasteiger partial charge in [-0.3, -0.25) is 0 Å². The van der Waals surface area contributed by atoms with E-state index in [1.807, 2.05) is 31.1 Å². The molecular weight excluding hydrogens is 296 g/mol. The number of benzene rings is 1. The van der Waals surface area contributed by atoms with E-state index in [2.05, 4.69) is 5.32 Å². The van der Waals surface area contributed by atoms with Crippen molar-refractivity contribution in [1.82, 2.24) is 4.90 Å². The maximum Gasteiger partial charge on any atom is 0.418 e. The maximum absolute atomic E-state index is 12.3. The number of ether oxygens (including phenoxy) is 1. The van der Waals surface area contributed by atoms with Crippen molar-refractivity contribution in [3.63, 3.8) is 0 Å². The highest BCUT2D eigenvalue weighted by atomic mass is 16.6. The molecule has 0 aromatic heterocycles. The van der Waals surface area contributed by atoms with Crippen molar-refractivity contribution < 1.29 is 14.3 Å². The molecule has 0 atom stereocenters. The van der Waals surface area contributed by atoms with E-state index in [0.717, 1.165) is 10.6 Å². The predicted molar refractivity (Wildman–Crippen MR) is 91.8 cm³/mol. The molecule has 0 spiro atoms. The number of hydrogen-bond acceptors (Lipinski definition) is 5. The molecule has 128 valence electrons. The quantitative estimate of drug-likeness (QED) is 0.889. The number of nitrogens with zero attached hydrogens (tertiary/aromatic N) is 2. The van der Waals surface area contributed by atoms with E-state index in [1.54, 1.807) is 32.9 Å². The summed E-state index contributed by atoms with van der Waals surface area (Å²) < 4.78 is 5.23. The normalized spacial score (nSPS) is 10.9. The highest BCUT2D eigenvalue weighted by molar-refractivity contribution is 5.99. The van der Waals surface area contributed by atoms with Crippen molar-refractivity contribution in [3.8, 4) is 0 Å². The molecule has 0 radical (unpaired) electrons. The van der Waals surface area contributed by atoms with E-state index < -0.39 is 17.7 Å². The number of carbonyl (C=O) groups is 2. The van der Waals surface area contributed by atoms with Crippen LogP contribution in [0.25, 0.3) is 0 Å². The zero-order valence-electron chi connectivity index (χ0n) is 14.4. The smallest absolute Gasteiger partial charge is 0.418 e. The number of rotatable bonds is 4. The molecule has 0 aliphatic carbocycles. The number of carbonyl (C=O) groups excluding carboxylic acids is 2. The summed E-state index contributed by atoms with van der Waals surface area (Å²) in [5.74, 6) is 0. The minimum Gasteiger partial charge on any atom is -0.443 e. The van der Waals surface area contributed by atoms with E-state index >= 15 is 0 Å². The van der Waals surface area contributed by atoms with Crippen LogP contribution in [0.15, 0.2) is 24.3 Å². The van der Waals surface area contributed by atoms with Crippen LogP contribution in [0.2, 0.25) is 0 Å². The Morgan fingerprint density at radius 1 is 1.17 bits per heavy atom. The van der Waals surface area contributed by atoms with Crippen molar-refractivity contribution in [2.24, 2.45) is 5.73 Å². The van der Waals surface area contributed by atoms with Crippen LogP contribution in [-0.4, -0.2) is 49.8 Å². The molecule has 0 saturated heterocycles. The van der Waals surface area contributed by atoms with Crippen LogP contribution in [0.5, 0.6) is 0 Å². The van der Waals surface area contributed by atoms with Crippen LogP contribution in [0, 0.1) is 0 Å². The van der Waals surface area contributed by atoms with Crippen LogP contribution in [0.3, 0.4) is 0 Å². The summed E-state index contributed by atoms with van der Waals surface area (Å²) in [6.45, 7) is 5.46. The van der Waals surface area contributed by atoms with Crippen molar-refractivity contribution >= 4 is 23.5 Å². The van der Waals surface area contributed by atoms with E-state index in [4.69, 9.17) is 10.5 Å². The second-order valence-corrected chi connectivity index (χ2v) is 6.29. The average molecular weight is 322 g/mol. The summed E-state index contributed by atoms with van der Waals surface area (Å²) in [5.41, 5.74) is 6.39. The summed E-state index contributed by atoms with van der Waals surface area (Å²) in [4.78, 5) is 27.3. The maximum atomic E-state index is 12.3. The van der Waals surface area contributed by atoms with Gasteiger partial charge in [-0.25, -0.2) is 14.5 Å². The first-order valence-corrected chi connectivity index (χ1v) is 7.43. The third-order valence-corrected chi connectivity index (χ3v) is 2.85. The number of imide groups is 1. The third-order valence-electron chi connectivity index (χ3n) is 2.85. The highest BCUT2D eigenvalue weighted by Crippen LogP contribution is 2.17. The SMILES string of the molecule is CN(C)c1ccc(NC(=O)N(CCN)C(=O)OC(C)(C)C)cc1. The van der Waals surface area contributed by atoms with Gasteiger partial charge >= 0.3 is 12.1 Å². The molecule has 1 aromatic rings. The van der Waals surface area contributed by atoms with Gasteiger partial charge in [0, 0.05) is 38.6 Å². The summed E-state index contributed by atoms with van der Waals surface area (Å²) in [6.07, 6.45) is -0.717. The Balaban J connectivity index is 2.79. The van der Waals surface area contributed by atoms with Gasteiger partial charge in [0.1, 0.15) is 5.60 Å². The molecule has 0 aliphatic rings. The zero-order valence-corrected chi connectivity index (χ0v) is 14.4. The number of amides is 3. The highest BCUT2D eigenvalue weighted by Gasteiger charge is 2.26. The Morgan fingerprint density at radius 3 is 2.17 bits per heavy atom. The number of nitrogens with two attached hydrogens (primary N) is 1. The van der Waals surface area contributed by atoms with Crippen molar-refractivity contribution in [2.45, 2.75) is 26.4 Å². The first-order valence-electron chi connectivity index (χ1n) is 7.43. The second-order valence-electron chi connectivity index (χ2n) is 6.29. The molecule has 0 saturated carbocycles.